The topological polar surface area (TPSA) is 79.8 Å². The number of ether oxygens (including phenoxy) is 1. The number of hydrogen-bond donors (Lipinski definition) is 2. The molecule has 0 unspecified atom stereocenters. The van der Waals surface area contributed by atoms with Gasteiger partial charge in [-0.2, -0.15) is 5.10 Å². The molecule has 2 aromatic carbocycles. The number of halogens is 1. The minimum absolute atomic E-state index is 0.266. The van der Waals surface area contributed by atoms with Gasteiger partial charge in [0.2, 0.25) is 0 Å². The molecule has 0 saturated heterocycles. The number of carbonyl (C=O) groups excluding carboxylic acids is 2. The Kier molecular flexibility index (Phi) is 6.57. The Morgan fingerprint density at radius 3 is 2.68 bits per heavy atom. The lowest BCUT2D eigenvalue weighted by atomic mass is 10.1. The largest absolute Gasteiger partial charge is 0.496 e. The predicted octanol–water partition coefficient (Wildman–Crippen LogP) is 4.54. The highest BCUT2D eigenvalue weighted by molar-refractivity contribution is 9.10. The van der Waals surface area contributed by atoms with Crippen molar-refractivity contribution in [2.75, 3.05) is 12.4 Å². The molecule has 3 aromatic rings. The molecule has 142 valence electrons. The smallest absolute Gasteiger partial charge is 0.273 e. The van der Waals surface area contributed by atoms with Gasteiger partial charge in [-0.3, -0.25) is 9.59 Å². The minimum Gasteiger partial charge on any atom is -0.496 e. The number of hydrogen-bond acceptors (Lipinski definition) is 5. The molecule has 0 aliphatic carbocycles. The number of hydrazone groups is 1. The standard InChI is InChI=1S/C20H16BrN3O3S/c1-27-17-9-8-14(21)11-13(17)12-22-24-19(25)15-5-2-3-6-16(15)23-20(26)18-7-4-10-28-18/h2-12H,1H3,(H,23,26)(H,24,25). The third-order valence-corrected chi connectivity index (χ3v) is 5.09. The first kappa shape index (κ1) is 19.8. The number of amides is 2. The van der Waals surface area contributed by atoms with Crippen LogP contribution in [0.5, 0.6) is 5.75 Å². The average molecular weight is 458 g/mol. The number of carbonyl (C=O) groups is 2. The Labute approximate surface area is 174 Å². The lowest BCUT2D eigenvalue weighted by Crippen LogP contribution is -2.21. The number of methoxy groups -OCH3 is 1. The molecule has 0 atom stereocenters. The molecule has 2 amide bonds. The highest BCUT2D eigenvalue weighted by atomic mass is 79.9. The van der Waals surface area contributed by atoms with E-state index in [1.807, 2.05) is 17.5 Å². The SMILES string of the molecule is COc1ccc(Br)cc1C=NNC(=O)c1ccccc1NC(=O)c1cccs1. The molecule has 0 aliphatic heterocycles. The normalized spacial score (nSPS) is 10.6. The summed E-state index contributed by atoms with van der Waals surface area (Å²) in [5, 5.41) is 8.58. The maximum Gasteiger partial charge on any atom is 0.273 e. The lowest BCUT2D eigenvalue weighted by molar-refractivity contribution is 0.0956. The zero-order chi connectivity index (χ0) is 19.9. The fraction of sp³-hybridized carbons (Fsp3) is 0.0500. The lowest BCUT2D eigenvalue weighted by Gasteiger charge is -2.09. The molecule has 1 heterocycles. The Morgan fingerprint density at radius 1 is 1.11 bits per heavy atom. The fourth-order valence-electron chi connectivity index (χ4n) is 2.41. The fourth-order valence-corrected chi connectivity index (χ4v) is 3.41. The Bertz CT molecular complexity index is 1020. The van der Waals surface area contributed by atoms with Crippen molar-refractivity contribution in [3.05, 3.63) is 80.5 Å². The van der Waals surface area contributed by atoms with Gasteiger partial charge in [0.15, 0.2) is 0 Å². The van der Waals surface area contributed by atoms with Gasteiger partial charge in [0.05, 0.1) is 29.5 Å². The summed E-state index contributed by atoms with van der Waals surface area (Å²) in [6, 6.07) is 15.7. The summed E-state index contributed by atoms with van der Waals surface area (Å²) >= 11 is 4.72. The summed E-state index contributed by atoms with van der Waals surface area (Å²) < 4.78 is 6.13. The minimum atomic E-state index is -0.438. The number of nitrogens with one attached hydrogen (secondary N) is 2. The van der Waals surface area contributed by atoms with E-state index in [2.05, 4.69) is 31.8 Å². The van der Waals surface area contributed by atoms with Gasteiger partial charge in [-0.25, -0.2) is 5.43 Å². The van der Waals surface area contributed by atoms with Crippen LogP contribution < -0.4 is 15.5 Å². The van der Waals surface area contributed by atoms with Gasteiger partial charge in [0.25, 0.3) is 11.8 Å². The summed E-state index contributed by atoms with van der Waals surface area (Å²) in [5.74, 6) is -0.0743. The third-order valence-electron chi connectivity index (χ3n) is 3.73. The molecule has 8 heteroatoms. The van der Waals surface area contributed by atoms with Crippen molar-refractivity contribution < 1.29 is 14.3 Å². The number of nitrogens with zero attached hydrogens (tertiary/aromatic N) is 1. The molecule has 3 rings (SSSR count). The number of para-hydroxylation sites is 1. The van der Waals surface area contributed by atoms with Crippen LogP contribution in [-0.2, 0) is 0 Å². The van der Waals surface area contributed by atoms with Gasteiger partial charge in [0.1, 0.15) is 5.75 Å². The number of benzene rings is 2. The number of rotatable bonds is 6. The second-order valence-corrected chi connectivity index (χ2v) is 7.43. The molecule has 0 radical (unpaired) electrons. The van der Waals surface area contributed by atoms with Crippen LogP contribution in [0.2, 0.25) is 0 Å². The molecule has 1 aromatic heterocycles. The molecular formula is C20H16BrN3O3S. The molecule has 0 aliphatic rings. The van der Waals surface area contributed by atoms with Crippen LogP contribution in [0.1, 0.15) is 25.6 Å². The molecular weight excluding hydrogens is 442 g/mol. The number of anilines is 1. The average Bonchev–Trinajstić information content (AvgIpc) is 3.23. The van der Waals surface area contributed by atoms with E-state index in [1.54, 1.807) is 49.6 Å². The van der Waals surface area contributed by atoms with Crippen molar-refractivity contribution in [2.45, 2.75) is 0 Å². The van der Waals surface area contributed by atoms with Crippen molar-refractivity contribution in [2.24, 2.45) is 5.10 Å². The van der Waals surface area contributed by atoms with Crippen LogP contribution in [0.4, 0.5) is 5.69 Å². The summed E-state index contributed by atoms with van der Waals surface area (Å²) in [7, 11) is 1.56. The first-order valence-electron chi connectivity index (χ1n) is 8.19. The van der Waals surface area contributed by atoms with E-state index >= 15 is 0 Å². The highest BCUT2D eigenvalue weighted by Gasteiger charge is 2.14. The van der Waals surface area contributed by atoms with Crippen molar-refractivity contribution in [3.63, 3.8) is 0 Å². The van der Waals surface area contributed by atoms with Crippen molar-refractivity contribution in [1.29, 1.82) is 0 Å². The molecule has 28 heavy (non-hydrogen) atoms. The zero-order valence-corrected chi connectivity index (χ0v) is 17.2. The molecule has 2 N–H and O–H groups in total. The monoisotopic (exact) mass is 457 g/mol. The second-order valence-electron chi connectivity index (χ2n) is 5.56. The Balaban J connectivity index is 1.73. The predicted molar refractivity (Wildman–Crippen MR) is 114 cm³/mol. The molecule has 0 spiro atoms. The van der Waals surface area contributed by atoms with E-state index in [0.717, 1.165) is 4.47 Å². The van der Waals surface area contributed by atoms with E-state index in [1.165, 1.54) is 17.6 Å². The van der Waals surface area contributed by atoms with E-state index in [4.69, 9.17) is 4.74 Å². The van der Waals surface area contributed by atoms with Crippen LogP contribution in [-0.4, -0.2) is 25.1 Å². The molecule has 6 nitrogen and oxygen atoms in total. The molecule has 0 saturated carbocycles. The van der Waals surface area contributed by atoms with Gasteiger partial charge in [-0.1, -0.05) is 34.1 Å². The molecule has 0 bridgehead atoms. The van der Waals surface area contributed by atoms with E-state index < -0.39 is 5.91 Å². The van der Waals surface area contributed by atoms with Crippen LogP contribution in [0.15, 0.2) is 69.6 Å². The maximum absolute atomic E-state index is 12.5. The van der Waals surface area contributed by atoms with Crippen LogP contribution >= 0.6 is 27.3 Å². The first-order valence-corrected chi connectivity index (χ1v) is 9.86. The van der Waals surface area contributed by atoms with Gasteiger partial charge >= 0.3 is 0 Å². The van der Waals surface area contributed by atoms with E-state index in [-0.39, 0.29) is 5.91 Å². The Morgan fingerprint density at radius 2 is 1.93 bits per heavy atom. The second kappa shape index (κ2) is 9.29. The number of thiophene rings is 1. The van der Waals surface area contributed by atoms with Crippen LogP contribution in [0.25, 0.3) is 0 Å². The quantitative estimate of drug-likeness (QED) is 0.421. The van der Waals surface area contributed by atoms with Gasteiger partial charge in [-0.15, -0.1) is 11.3 Å². The van der Waals surface area contributed by atoms with Gasteiger partial charge in [0, 0.05) is 10.0 Å². The van der Waals surface area contributed by atoms with Crippen LogP contribution in [0, 0.1) is 0 Å². The van der Waals surface area contributed by atoms with Gasteiger partial charge in [-0.05, 0) is 41.8 Å². The van der Waals surface area contributed by atoms with Crippen molar-refractivity contribution >= 4 is 51.0 Å². The molecule has 0 fully saturated rings. The van der Waals surface area contributed by atoms with Crippen LogP contribution in [0.3, 0.4) is 0 Å². The third kappa shape index (κ3) is 4.85. The van der Waals surface area contributed by atoms with E-state index in [0.29, 0.717) is 27.4 Å². The zero-order valence-electron chi connectivity index (χ0n) is 14.8. The Hall–Kier alpha value is -2.97. The summed E-state index contributed by atoms with van der Waals surface area (Å²) in [6.07, 6.45) is 1.49. The van der Waals surface area contributed by atoms with Gasteiger partial charge < -0.3 is 10.1 Å². The first-order chi connectivity index (χ1) is 13.6. The summed E-state index contributed by atoms with van der Waals surface area (Å²) in [4.78, 5) is 25.4. The summed E-state index contributed by atoms with van der Waals surface area (Å²) in [6.45, 7) is 0. The summed E-state index contributed by atoms with van der Waals surface area (Å²) in [5.41, 5.74) is 3.90. The van der Waals surface area contributed by atoms with Crippen molar-refractivity contribution in [1.82, 2.24) is 5.43 Å². The van der Waals surface area contributed by atoms with E-state index in [9.17, 15) is 9.59 Å². The maximum atomic E-state index is 12.5. The highest BCUT2D eigenvalue weighted by Crippen LogP contribution is 2.21. The van der Waals surface area contributed by atoms with Crippen molar-refractivity contribution in [3.8, 4) is 5.75 Å².